The molecule has 2 aromatic carbocycles. The van der Waals surface area contributed by atoms with Crippen LogP contribution >= 0.6 is 0 Å². The molecule has 6 rings (SSSR count). The molecule has 8 heteroatoms. The average molecular weight is 388 g/mol. The van der Waals surface area contributed by atoms with E-state index in [0.717, 1.165) is 35.7 Å². The first kappa shape index (κ1) is 16.3. The maximum absolute atomic E-state index is 12.4. The van der Waals surface area contributed by atoms with Crippen LogP contribution in [0.15, 0.2) is 46.9 Å². The lowest BCUT2D eigenvalue weighted by atomic mass is 9.75. The van der Waals surface area contributed by atoms with Crippen LogP contribution in [-0.2, 0) is 5.54 Å². The van der Waals surface area contributed by atoms with Crippen LogP contribution in [0.25, 0.3) is 33.5 Å². The van der Waals surface area contributed by atoms with Crippen LogP contribution in [0.5, 0.6) is 0 Å². The zero-order chi connectivity index (χ0) is 19.8. The molecule has 2 aliphatic rings. The highest BCUT2D eigenvalue weighted by Gasteiger charge is 2.44. The van der Waals surface area contributed by atoms with Gasteiger partial charge in [-0.05, 0) is 43.5 Å². The molecule has 0 bridgehead atoms. The van der Waals surface area contributed by atoms with Gasteiger partial charge < -0.3 is 14.3 Å². The van der Waals surface area contributed by atoms with Crippen molar-refractivity contribution in [1.29, 1.82) is 0 Å². The fraction of sp³-hybridized carbons (Fsp3) is 0.238. The third kappa shape index (κ3) is 2.19. The summed E-state index contributed by atoms with van der Waals surface area (Å²) in [6, 6.07) is 12.2. The highest BCUT2D eigenvalue weighted by atomic mass is 16.6. The van der Waals surface area contributed by atoms with Gasteiger partial charge in [-0.1, -0.05) is 6.07 Å². The van der Waals surface area contributed by atoms with Crippen molar-refractivity contribution in [2.75, 3.05) is 6.54 Å². The molecule has 0 unspecified atom stereocenters. The van der Waals surface area contributed by atoms with Gasteiger partial charge in [0.05, 0.1) is 16.0 Å². The van der Waals surface area contributed by atoms with Gasteiger partial charge in [-0.3, -0.25) is 14.9 Å². The number of carbonyl (C=O) groups excluding carboxylic acids is 1. The Morgan fingerprint density at radius 1 is 1.17 bits per heavy atom. The number of hydrogen-bond acceptors (Lipinski definition) is 5. The Bertz CT molecular complexity index is 1350. The fourth-order valence-electron chi connectivity index (χ4n) is 4.56. The van der Waals surface area contributed by atoms with Crippen molar-refractivity contribution in [3.63, 3.8) is 0 Å². The first-order chi connectivity index (χ1) is 14.0. The molecule has 1 spiro atoms. The Morgan fingerprint density at radius 2 is 2.03 bits per heavy atom. The fourth-order valence-corrected chi connectivity index (χ4v) is 4.56. The normalized spacial score (nSPS) is 17.3. The summed E-state index contributed by atoms with van der Waals surface area (Å²) in [7, 11) is 0. The summed E-state index contributed by atoms with van der Waals surface area (Å²) in [5.41, 5.74) is 3.32. The standard InChI is InChI=1S/C21H16N4O4/c26-19-17-8-12-2-3-13(9-16(12)24(17)21(11-22-19)6-1-7-21)20-23-15-10-14(25(27)28)4-5-18(15)29-20/h2-5,8-10H,1,6-7,11H2,(H,22,26). The van der Waals surface area contributed by atoms with Crippen molar-refractivity contribution in [3.8, 4) is 11.5 Å². The van der Waals surface area contributed by atoms with E-state index in [1.807, 2.05) is 24.3 Å². The molecule has 0 saturated heterocycles. The number of hydrogen-bond donors (Lipinski definition) is 1. The van der Waals surface area contributed by atoms with Crippen LogP contribution in [0.2, 0.25) is 0 Å². The third-order valence-corrected chi connectivity index (χ3v) is 6.20. The highest BCUT2D eigenvalue weighted by Crippen LogP contribution is 2.44. The SMILES string of the molecule is O=C1NCC2(CCC2)n2c1cc1ccc(-c3nc4cc([N+](=O)[O-])ccc4o3)cc12. The number of rotatable bonds is 2. The van der Waals surface area contributed by atoms with Crippen LogP contribution in [0, 0.1) is 10.1 Å². The number of fused-ring (bicyclic) bond motifs is 5. The summed E-state index contributed by atoms with van der Waals surface area (Å²) in [5.74, 6) is 0.357. The van der Waals surface area contributed by atoms with Crippen molar-refractivity contribution < 1.29 is 14.1 Å². The summed E-state index contributed by atoms with van der Waals surface area (Å²) in [6.07, 6.45) is 3.24. The minimum absolute atomic E-state index is 0.0219. The molecule has 29 heavy (non-hydrogen) atoms. The Kier molecular flexibility index (Phi) is 3.05. The maximum atomic E-state index is 12.4. The molecular weight excluding hydrogens is 372 g/mol. The molecule has 3 heterocycles. The summed E-state index contributed by atoms with van der Waals surface area (Å²) >= 11 is 0. The second kappa shape index (κ2) is 5.44. The summed E-state index contributed by atoms with van der Waals surface area (Å²) in [5, 5.41) is 15.0. The molecule has 8 nitrogen and oxygen atoms in total. The van der Waals surface area contributed by atoms with Gasteiger partial charge in [0.15, 0.2) is 5.58 Å². The first-order valence-electron chi connectivity index (χ1n) is 9.54. The van der Waals surface area contributed by atoms with Gasteiger partial charge in [-0.2, -0.15) is 0 Å². The smallest absolute Gasteiger partial charge is 0.271 e. The molecule has 1 aliphatic carbocycles. The van der Waals surface area contributed by atoms with E-state index in [2.05, 4.69) is 14.9 Å². The van der Waals surface area contributed by atoms with Gasteiger partial charge >= 0.3 is 0 Å². The third-order valence-electron chi connectivity index (χ3n) is 6.20. The van der Waals surface area contributed by atoms with Crippen molar-refractivity contribution in [2.24, 2.45) is 0 Å². The summed E-state index contributed by atoms with van der Waals surface area (Å²) in [6.45, 7) is 0.652. The Morgan fingerprint density at radius 3 is 2.79 bits per heavy atom. The van der Waals surface area contributed by atoms with Crippen LogP contribution in [0.4, 0.5) is 5.69 Å². The lowest BCUT2D eigenvalue weighted by Crippen LogP contribution is -2.55. The summed E-state index contributed by atoms with van der Waals surface area (Å²) in [4.78, 5) is 27.4. The quantitative estimate of drug-likeness (QED) is 0.413. The summed E-state index contributed by atoms with van der Waals surface area (Å²) < 4.78 is 8.03. The minimum Gasteiger partial charge on any atom is -0.436 e. The molecule has 1 aliphatic heterocycles. The number of carbonyl (C=O) groups is 1. The largest absolute Gasteiger partial charge is 0.436 e. The van der Waals surface area contributed by atoms with Gasteiger partial charge in [-0.25, -0.2) is 4.98 Å². The number of aromatic nitrogens is 2. The Balaban J connectivity index is 1.53. The van der Waals surface area contributed by atoms with E-state index in [9.17, 15) is 14.9 Å². The first-order valence-corrected chi connectivity index (χ1v) is 9.54. The number of non-ortho nitro benzene ring substituents is 1. The average Bonchev–Trinajstić information content (AvgIpc) is 3.28. The number of nitrogens with one attached hydrogen (secondary N) is 1. The van der Waals surface area contributed by atoms with Crippen molar-refractivity contribution in [1.82, 2.24) is 14.9 Å². The van der Waals surface area contributed by atoms with Crippen LogP contribution in [-0.4, -0.2) is 26.9 Å². The van der Waals surface area contributed by atoms with Crippen molar-refractivity contribution in [2.45, 2.75) is 24.8 Å². The number of amides is 1. The predicted molar refractivity (Wildman–Crippen MR) is 106 cm³/mol. The number of benzene rings is 2. The van der Waals surface area contributed by atoms with Crippen molar-refractivity contribution >= 4 is 33.6 Å². The lowest BCUT2D eigenvalue weighted by Gasteiger charge is -2.47. The lowest BCUT2D eigenvalue weighted by molar-refractivity contribution is -0.384. The Hall–Kier alpha value is -3.68. The zero-order valence-corrected chi connectivity index (χ0v) is 15.3. The molecule has 4 aromatic rings. The minimum atomic E-state index is -0.449. The van der Waals surface area contributed by atoms with E-state index >= 15 is 0 Å². The van der Waals surface area contributed by atoms with Gasteiger partial charge in [0.25, 0.3) is 11.6 Å². The predicted octanol–water partition coefficient (Wildman–Crippen LogP) is 3.98. The zero-order valence-electron chi connectivity index (χ0n) is 15.3. The molecule has 1 N–H and O–H groups in total. The Labute approximate surface area is 164 Å². The van der Waals surface area contributed by atoms with Crippen LogP contribution in [0.3, 0.4) is 0 Å². The number of nitro groups is 1. The van der Waals surface area contributed by atoms with Crippen molar-refractivity contribution in [3.05, 3.63) is 58.3 Å². The van der Waals surface area contributed by atoms with E-state index in [-0.39, 0.29) is 17.1 Å². The van der Waals surface area contributed by atoms with Gasteiger partial charge in [-0.15, -0.1) is 0 Å². The van der Waals surface area contributed by atoms with Gasteiger partial charge in [0.2, 0.25) is 5.89 Å². The molecular formula is C21H16N4O4. The van der Waals surface area contributed by atoms with Crippen LogP contribution in [0.1, 0.15) is 29.8 Å². The highest BCUT2D eigenvalue weighted by molar-refractivity contribution is 6.00. The molecule has 2 aromatic heterocycles. The molecule has 0 atom stereocenters. The molecule has 1 saturated carbocycles. The van der Waals surface area contributed by atoms with Crippen LogP contribution < -0.4 is 5.32 Å². The number of nitro benzene ring substituents is 1. The van der Waals surface area contributed by atoms with E-state index < -0.39 is 4.92 Å². The van der Waals surface area contributed by atoms with Gasteiger partial charge in [0, 0.05) is 29.6 Å². The monoisotopic (exact) mass is 388 g/mol. The van der Waals surface area contributed by atoms with Gasteiger partial charge in [0.1, 0.15) is 11.2 Å². The number of nitrogens with zero attached hydrogens (tertiary/aromatic N) is 3. The number of oxazole rings is 1. The van der Waals surface area contributed by atoms with E-state index in [0.29, 0.717) is 29.2 Å². The molecule has 1 amide bonds. The van der Waals surface area contributed by atoms with E-state index in [4.69, 9.17) is 4.42 Å². The van der Waals surface area contributed by atoms with E-state index in [1.54, 1.807) is 6.07 Å². The topological polar surface area (TPSA) is 103 Å². The molecule has 0 radical (unpaired) electrons. The second-order valence-electron chi connectivity index (χ2n) is 7.83. The van der Waals surface area contributed by atoms with E-state index in [1.165, 1.54) is 12.1 Å². The molecule has 144 valence electrons. The molecule has 1 fully saturated rings. The second-order valence-corrected chi connectivity index (χ2v) is 7.83. The maximum Gasteiger partial charge on any atom is 0.271 e.